The van der Waals surface area contributed by atoms with Crippen LogP contribution >= 0.6 is 0 Å². The summed E-state index contributed by atoms with van der Waals surface area (Å²) in [5, 5.41) is 11.7. The highest BCUT2D eigenvalue weighted by molar-refractivity contribution is 5.68. The Kier molecular flexibility index (Phi) is 4.71. The highest BCUT2D eigenvalue weighted by Crippen LogP contribution is 2.13. The predicted molar refractivity (Wildman–Crippen MR) is 78.4 cm³/mol. The monoisotopic (exact) mass is 287 g/mol. The van der Waals surface area contributed by atoms with Gasteiger partial charge in [0.05, 0.1) is 0 Å². The van der Waals surface area contributed by atoms with Crippen molar-refractivity contribution in [2.24, 2.45) is 0 Å². The van der Waals surface area contributed by atoms with E-state index in [1.165, 1.54) is 5.56 Å². The van der Waals surface area contributed by atoms with E-state index < -0.39 is 12.6 Å². The van der Waals surface area contributed by atoms with E-state index in [9.17, 15) is 4.79 Å². The summed E-state index contributed by atoms with van der Waals surface area (Å²) < 4.78 is 5.07. The van der Waals surface area contributed by atoms with E-state index >= 15 is 0 Å². The van der Waals surface area contributed by atoms with Gasteiger partial charge in [-0.15, -0.1) is 0 Å². The minimum atomic E-state index is -1.04. The maximum atomic E-state index is 10.5. The van der Waals surface area contributed by atoms with E-state index in [-0.39, 0.29) is 5.88 Å². The second kappa shape index (κ2) is 6.69. The molecule has 21 heavy (non-hydrogen) atoms. The Balaban J connectivity index is 2.02. The summed E-state index contributed by atoms with van der Waals surface area (Å²) in [5.41, 5.74) is 3.02. The Bertz CT molecular complexity index is 627. The van der Waals surface area contributed by atoms with Crippen LogP contribution in [0.15, 0.2) is 30.3 Å². The maximum absolute atomic E-state index is 10.5. The number of aryl methyl sites for hydroxylation is 2. The van der Waals surface area contributed by atoms with Crippen molar-refractivity contribution in [1.82, 2.24) is 9.97 Å². The Labute approximate surface area is 122 Å². The number of nitrogens with zero attached hydrogens (tertiary/aromatic N) is 2. The van der Waals surface area contributed by atoms with E-state index in [1.807, 2.05) is 31.2 Å². The summed E-state index contributed by atoms with van der Waals surface area (Å²) in [7, 11) is 0. The number of carbonyl (C=O) groups is 1. The summed E-state index contributed by atoms with van der Waals surface area (Å²) in [6, 6.07) is 9.73. The molecular formula is C15H17N3O3. The molecule has 0 aliphatic rings. The maximum Gasteiger partial charge on any atom is 0.341 e. The lowest BCUT2D eigenvalue weighted by Gasteiger charge is -2.08. The number of ether oxygens (including phenoxy) is 1. The van der Waals surface area contributed by atoms with Crippen LogP contribution in [-0.2, 0) is 11.3 Å². The van der Waals surface area contributed by atoms with Crippen LogP contribution in [0.25, 0.3) is 0 Å². The first-order valence-corrected chi connectivity index (χ1v) is 6.52. The number of carboxylic acid groups (broad SMARTS) is 1. The summed E-state index contributed by atoms with van der Waals surface area (Å²) in [5.74, 6) is -0.382. The molecular weight excluding hydrogens is 270 g/mol. The average Bonchev–Trinajstić information content (AvgIpc) is 2.44. The number of aromatic nitrogens is 2. The molecule has 0 aliphatic heterocycles. The molecule has 1 aromatic carbocycles. The molecule has 0 unspecified atom stereocenters. The number of hydrogen-bond acceptors (Lipinski definition) is 5. The van der Waals surface area contributed by atoms with Crippen molar-refractivity contribution < 1.29 is 14.6 Å². The van der Waals surface area contributed by atoms with Crippen molar-refractivity contribution in [3.05, 3.63) is 47.2 Å². The minimum absolute atomic E-state index is 0.247. The van der Waals surface area contributed by atoms with Crippen LogP contribution in [0.4, 0.5) is 5.95 Å². The molecule has 0 saturated heterocycles. The van der Waals surface area contributed by atoms with E-state index in [0.29, 0.717) is 18.2 Å². The van der Waals surface area contributed by atoms with Crippen molar-refractivity contribution in [1.29, 1.82) is 0 Å². The van der Waals surface area contributed by atoms with Crippen LogP contribution in [0, 0.1) is 13.8 Å². The van der Waals surface area contributed by atoms with Gasteiger partial charge in [0.15, 0.2) is 6.61 Å². The van der Waals surface area contributed by atoms with E-state index in [4.69, 9.17) is 9.84 Å². The normalized spacial score (nSPS) is 10.2. The third-order valence-electron chi connectivity index (χ3n) is 2.75. The third-order valence-corrected chi connectivity index (χ3v) is 2.75. The van der Waals surface area contributed by atoms with Gasteiger partial charge in [-0.05, 0) is 19.4 Å². The lowest BCUT2D eigenvalue weighted by atomic mass is 10.1. The second-order valence-corrected chi connectivity index (χ2v) is 4.69. The van der Waals surface area contributed by atoms with Gasteiger partial charge in [-0.1, -0.05) is 29.8 Å². The molecule has 2 aromatic rings. The lowest BCUT2D eigenvalue weighted by Crippen LogP contribution is -2.12. The van der Waals surface area contributed by atoms with Gasteiger partial charge in [0.2, 0.25) is 11.8 Å². The molecule has 0 atom stereocenters. The Morgan fingerprint density at radius 2 is 1.95 bits per heavy atom. The van der Waals surface area contributed by atoms with Crippen molar-refractivity contribution in [2.75, 3.05) is 11.9 Å². The number of hydrogen-bond donors (Lipinski definition) is 2. The molecule has 110 valence electrons. The fourth-order valence-corrected chi connectivity index (χ4v) is 1.72. The van der Waals surface area contributed by atoms with Crippen LogP contribution in [-0.4, -0.2) is 27.7 Å². The van der Waals surface area contributed by atoms with Gasteiger partial charge in [-0.2, -0.15) is 4.98 Å². The molecule has 0 amide bonds. The van der Waals surface area contributed by atoms with Gasteiger partial charge in [0.25, 0.3) is 0 Å². The molecule has 0 aliphatic carbocycles. The summed E-state index contributed by atoms with van der Waals surface area (Å²) >= 11 is 0. The van der Waals surface area contributed by atoms with Crippen molar-refractivity contribution in [3.63, 3.8) is 0 Å². The van der Waals surface area contributed by atoms with Crippen molar-refractivity contribution >= 4 is 11.9 Å². The molecule has 6 nitrogen and oxygen atoms in total. The summed E-state index contributed by atoms with van der Waals surface area (Å²) in [6.45, 7) is 4.00. The second-order valence-electron chi connectivity index (χ2n) is 4.69. The van der Waals surface area contributed by atoms with Crippen molar-refractivity contribution in [2.45, 2.75) is 20.4 Å². The molecule has 0 fully saturated rings. The Morgan fingerprint density at radius 3 is 2.62 bits per heavy atom. The molecule has 0 saturated carbocycles. The number of aliphatic carboxylic acids is 1. The quantitative estimate of drug-likeness (QED) is 0.847. The molecule has 2 N–H and O–H groups in total. The van der Waals surface area contributed by atoms with Crippen LogP contribution in [0.2, 0.25) is 0 Å². The molecule has 6 heteroatoms. The van der Waals surface area contributed by atoms with Crippen LogP contribution in [0.1, 0.15) is 16.8 Å². The number of benzene rings is 1. The molecule has 0 bridgehead atoms. The zero-order valence-corrected chi connectivity index (χ0v) is 12.0. The van der Waals surface area contributed by atoms with E-state index in [2.05, 4.69) is 15.3 Å². The number of nitrogens with one attached hydrogen (secondary N) is 1. The SMILES string of the molecule is Cc1ccc(CNc2nc(C)cc(OCC(=O)O)n2)cc1. The van der Waals surface area contributed by atoms with Gasteiger partial charge >= 0.3 is 5.97 Å². The zero-order chi connectivity index (χ0) is 15.2. The van der Waals surface area contributed by atoms with Crippen LogP contribution < -0.4 is 10.1 Å². The smallest absolute Gasteiger partial charge is 0.341 e. The molecule has 1 aromatic heterocycles. The largest absolute Gasteiger partial charge is 0.479 e. The van der Waals surface area contributed by atoms with Gasteiger partial charge in [-0.25, -0.2) is 9.78 Å². The van der Waals surface area contributed by atoms with Gasteiger partial charge in [0.1, 0.15) is 0 Å². The average molecular weight is 287 g/mol. The first-order chi connectivity index (χ1) is 10.0. The number of anilines is 1. The highest BCUT2D eigenvalue weighted by atomic mass is 16.5. The highest BCUT2D eigenvalue weighted by Gasteiger charge is 2.05. The molecule has 2 rings (SSSR count). The van der Waals surface area contributed by atoms with Gasteiger partial charge in [-0.3, -0.25) is 0 Å². The minimum Gasteiger partial charge on any atom is -0.479 e. The van der Waals surface area contributed by atoms with E-state index in [1.54, 1.807) is 13.0 Å². The predicted octanol–water partition coefficient (Wildman–Crippen LogP) is 2.17. The first-order valence-electron chi connectivity index (χ1n) is 6.52. The fraction of sp³-hybridized carbons (Fsp3) is 0.267. The lowest BCUT2D eigenvalue weighted by molar-refractivity contribution is -0.139. The molecule has 0 spiro atoms. The Morgan fingerprint density at radius 1 is 1.24 bits per heavy atom. The number of carboxylic acids is 1. The summed E-state index contributed by atoms with van der Waals surface area (Å²) in [6.07, 6.45) is 0. The number of rotatable bonds is 6. The van der Waals surface area contributed by atoms with E-state index in [0.717, 1.165) is 5.56 Å². The Hall–Kier alpha value is -2.63. The zero-order valence-electron chi connectivity index (χ0n) is 12.0. The summed E-state index contributed by atoms with van der Waals surface area (Å²) in [4.78, 5) is 18.9. The van der Waals surface area contributed by atoms with Crippen molar-refractivity contribution in [3.8, 4) is 5.88 Å². The molecule has 0 radical (unpaired) electrons. The van der Waals surface area contributed by atoms with Crippen LogP contribution in [0.3, 0.4) is 0 Å². The van der Waals surface area contributed by atoms with Crippen LogP contribution in [0.5, 0.6) is 5.88 Å². The molecule has 1 heterocycles. The van der Waals surface area contributed by atoms with Gasteiger partial charge < -0.3 is 15.2 Å². The topological polar surface area (TPSA) is 84.3 Å². The third kappa shape index (κ3) is 4.76. The standard InChI is InChI=1S/C15H17N3O3/c1-10-3-5-12(6-4-10)8-16-15-17-11(2)7-13(18-15)21-9-14(19)20/h3-7H,8-9H2,1-2H3,(H,19,20)(H,16,17,18). The first kappa shape index (κ1) is 14.8. The fourth-order valence-electron chi connectivity index (χ4n) is 1.72. The van der Waals surface area contributed by atoms with Gasteiger partial charge in [0, 0.05) is 18.3 Å².